The maximum atomic E-state index is 11.1. The second-order valence-electron chi connectivity index (χ2n) is 8.30. The Hall–Kier alpha value is -1.01. The molecule has 1 rings (SSSR count). The number of hydrogen-bond acceptors (Lipinski definition) is 5. The van der Waals surface area contributed by atoms with E-state index in [2.05, 4.69) is 13.5 Å². The predicted octanol–water partition coefficient (Wildman–Crippen LogP) is 3.30. The number of carbonyl (C=O) groups excluding carboxylic acids is 1. The topological polar surface area (TPSA) is 98.0 Å². The van der Waals surface area contributed by atoms with Crippen molar-refractivity contribution in [3.05, 3.63) is 24.8 Å². The smallest absolute Gasteiger partial charge is 0.158 e. The molecule has 0 aliphatic heterocycles. The molecule has 5 nitrogen and oxygen atoms in total. The molecule has 5 atom stereocenters. The molecule has 0 aromatic carbocycles. The second-order valence-corrected chi connectivity index (χ2v) is 8.30. The molecule has 0 aromatic heterocycles. The van der Waals surface area contributed by atoms with Crippen LogP contribution in [0, 0.1) is 11.8 Å². The molecule has 162 valence electrons. The molecule has 0 spiro atoms. The fourth-order valence-electron chi connectivity index (χ4n) is 4.11. The van der Waals surface area contributed by atoms with Gasteiger partial charge in [0.05, 0.1) is 17.8 Å². The zero-order valence-electron chi connectivity index (χ0n) is 17.4. The van der Waals surface area contributed by atoms with E-state index in [9.17, 15) is 20.1 Å². The Balaban J connectivity index is 2.47. The Kier molecular flexibility index (Phi) is 11.8. The van der Waals surface area contributed by atoms with Gasteiger partial charge in [-0.25, -0.2) is 0 Å². The highest BCUT2D eigenvalue weighted by Gasteiger charge is 2.39. The van der Waals surface area contributed by atoms with E-state index in [0.29, 0.717) is 25.7 Å². The van der Waals surface area contributed by atoms with E-state index in [1.807, 2.05) is 12.2 Å². The molecule has 0 amide bonds. The molecule has 1 aliphatic carbocycles. The number of ketones is 1. The Labute approximate surface area is 170 Å². The highest BCUT2D eigenvalue weighted by atomic mass is 16.3. The van der Waals surface area contributed by atoms with Crippen molar-refractivity contribution in [2.75, 3.05) is 6.61 Å². The third-order valence-electron chi connectivity index (χ3n) is 6.01. The summed E-state index contributed by atoms with van der Waals surface area (Å²) in [5.74, 6) is -0.179. The number of unbranched alkanes of at least 4 members (excludes halogenated alkanes) is 4. The molecule has 1 aliphatic rings. The third-order valence-corrected chi connectivity index (χ3v) is 6.01. The molecule has 1 fully saturated rings. The van der Waals surface area contributed by atoms with Crippen LogP contribution in [0.4, 0.5) is 0 Å². The summed E-state index contributed by atoms with van der Waals surface area (Å²) in [6.07, 6.45) is 12.8. The Bertz CT molecular complexity index is 489. The Morgan fingerprint density at radius 1 is 1.14 bits per heavy atom. The normalized spacial score (nSPS) is 27.2. The van der Waals surface area contributed by atoms with Crippen molar-refractivity contribution in [3.63, 3.8) is 0 Å². The van der Waals surface area contributed by atoms with Crippen molar-refractivity contribution in [3.8, 4) is 0 Å². The summed E-state index contributed by atoms with van der Waals surface area (Å²) < 4.78 is 0. The van der Waals surface area contributed by atoms with Crippen LogP contribution < -0.4 is 0 Å². The summed E-state index contributed by atoms with van der Waals surface area (Å²) in [6.45, 7) is 5.46. The van der Waals surface area contributed by atoms with E-state index < -0.39 is 17.8 Å². The average Bonchev–Trinajstić information content (AvgIpc) is 2.95. The van der Waals surface area contributed by atoms with Crippen molar-refractivity contribution in [1.82, 2.24) is 0 Å². The van der Waals surface area contributed by atoms with E-state index in [-0.39, 0.29) is 24.2 Å². The first-order chi connectivity index (χ1) is 13.4. The molecule has 5 heteroatoms. The number of aliphatic hydroxyl groups excluding tert-OH is 3. The molecule has 28 heavy (non-hydrogen) atoms. The average molecular weight is 397 g/mol. The van der Waals surface area contributed by atoms with Crippen LogP contribution in [0.1, 0.15) is 77.6 Å². The second kappa shape index (κ2) is 13.3. The van der Waals surface area contributed by atoms with Gasteiger partial charge in [-0.3, -0.25) is 4.79 Å². The summed E-state index contributed by atoms with van der Waals surface area (Å²) in [6, 6.07) is 0. The quantitative estimate of drug-likeness (QED) is 0.251. The van der Waals surface area contributed by atoms with Crippen molar-refractivity contribution in [1.29, 1.82) is 0 Å². The number of hydrogen-bond donors (Lipinski definition) is 4. The minimum Gasteiger partial charge on any atom is -0.393 e. The van der Waals surface area contributed by atoms with E-state index in [1.54, 1.807) is 6.08 Å². The SMILES string of the molecule is C=CC(O)(CC=C[C@@H]1[C@@H](CCCCCCC(=O)CO)[C@@H](O)C[C@H]1O)CCCC. The van der Waals surface area contributed by atoms with Crippen LogP contribution >= 0.6 is 0 Å². The van der Waals surface area contributed by atoms with Gasteiger partial charge in [0, 0.05) is 18.8 Å². The summed E-state index contributed by atoms with van der Waals surface area (Å²) >= 11 is 0. The summed E-state index contributed by atoms with van der Waals surface area (Å²) in [4.78, 5) is 11.1. The summed E-state index contributed by atoms with van der Waals surface area (Å²) in [7, 11) is 0. The van der Waals surface area contributed by atoms with Gasteiger partial charge < -0.3 is 20.4 Å². The molecule has 1 unspecified atom stereocenters. The molecule has 0 radical (unpaired) electrons. The van der Waals surface area contributed by atoms with Crippen LogP contribution in [-0.4, -0.2) is 50.6 Å². The lowest BCUT2D eigenvalue weighted by Gasteiger charge is -2.24. The van der Waals surface area contributed by atoms with Crippen molar-refractivity contribution < 1.29 is 25.2 Å². The highest BCUT2D eigenvalue weighted by molar-refractivity contribution is 5.79. The first kappa shape index (κ1) is 25.0. The number of carbonyl (C=O) groups is 1. The van der Waals surface area contributed by atoms with E-state index >= 15 is 0 Å². The van der Waals surface area contributed by atoms with Crippen LogP contribution in [-0.2, 0) is 4.79 Å². The predicted molar refractivity (Wildman–Crippen MR) is 112 cm³/mol. The molecule has 4 N–H and O–H groups in total. The van der Waals surface area contributed by atoms with Crippen LogP contribution in [0.2, 0.25) is 0 Å². The van der Waals surface area contributed by atoms with E-state index in [0.717, 1.165) is 44.9 Å². The van der Waals surface area contributed by atoms with Crippen LogP contribution in [0.3, 0.4) is 0 Å². The fraction of sp³-hybridized carbons (Fsp3) is 0.783. The van der Waals surface area contributed by atoms with Crippen LogP contribution in [0.15, 0.2) is 24.8 Å². The fourth-order valence-corrected chi connectivity index (χ4v) is 4.11. The van der Waals surface area contributed by atoms with Crippen molar-refractivity contribution in [2.24, 2.45) is 11.8 Å². The van der Waals surface area contributed by atoms with Gasteiger partial charge in [0.2, 0.25) is 0 Å². The lowest BCUT2D eigenvalue weighted by Crippen LogP contribution is -2.25. The van der Waals surface area contributed by atoms with Gasteiger partial charge in [-0.2, -0.15) is 0 Å². The van der Waals surface area contributed by atoms with Gasteiger partial charge in [0.1, 0.15) is 6.61 Å². The zero-order valence-corrected chi connectivity index (χ0v) is 17.4. The lowest BCUT2D eigenvalue weighted by atomic mass is 9.86. The first-order valence-corrected chi connectivity index (χ1v) is 10.9. The molecule has 1 saturated carbocycles. The van der Waals surface area contributed by atoms with Gasteiger partial charge in [0.15, 0.2) is 5.78 Å². The Morgan fingerprint density at radius 2 is 1.86 bits per heavy atom. The number of aliphatic hydroxyl groups is 4. The van der Waals surface area contributed by atoms with Crippen LogP contribution in [0.25, 0.3) is 0 Å². The molecule has 0 aromatic rings. The lowest BCUT2D eigenvalue weighted by molar-refractivity contribution is -0.121. The van der Waals surface area contributed by atoms with Crippen LogP contribution in [0.5, 0.6) is 0 Å². The van der Waals surface area contributed by atoms with E-state index in [1.165, 1.54) is 0 Å². The molecular weight excluding hydrogens is 356 g/mol. The number of rotatable bonds is 15. The zero-order chi connectivity index (χ0) is 21.0. The van der Waals surface area contributed by atoms with Gasteiger partial charge in [0.25, 0.3) is 0 Å². The van der Waals surface area contributed by atoms with Gasteiger partial charge in [-0.15, -0.1) is 6.58 Å². The highest BCUT2D eigenvalue weighted by Crippen LogP contribution is 2.37. The monoisotopic (exact) mass is 396 g/mol. The summed E-state index contributed by atoms with van der Waals surface area (Å²) in [5.41, 5.74) is -0.907. The van der Waals surface area contributed by atoms with Gasteiger partial charge in [-0.1, -0.05) is 57.3 Å². The third kappa shape index (κ3) is 8.56. The number of Topliss-reactive ketones (excluding diaryl/α,β-unsaturated/α-hetero) is 1. The minimum atomic E-state index is -0.907. The molecular formula is C23H40O5. The minimum absolute atomic E-state index is 0.0257. The molecule has 0 heterocycles. The van der Waals surface area contributed by atoms with Crippen molar-refractivity contribution in [2.45, 2.75) is 95.4 Å². The largest absolute Gasteiger partial charge is 0.393 e. The van der Waals surface area contributed by atoms with E-state index in [4.69, 9.17) is 5.11 Å². The molecule has 0 bridgehead atoms. The van der Waals surface area contributed by atoms with Gasteiger partial charge in [-0.05, 0) is 31.6 Å². The maximum Gasteiger partial charge on any atom is 0.158 e. The Morgan fingerprint density at radius 3 is 2.50 bits per heavy atom. The first-order valence-electron chi connectivity index (χ1n) is 10.9. The van der Waals surface area contributed by atoms with Crippen molar-refractivity contribution >= 4 is 5.78 Å². The maximum absolute atomic E-state index is 11.1. The van der Waals surface area contributed by atoms with Gasteiger partial charge >= 0.3 is 0 Å². The molecule has 0 saturated heterocycles. The summed E-state index contributed by atoms with van der Waals surface area (Å²) in [5, 5.41) is 39.9. The standard InChI is InChI=1S/C23H40O5/c1-3-5-14-23(28,4-2)15-10-13-20-19(21(26)16-22(20)27)12-9-7-6-8-11-18(25)17-24/h4,10,13,19-22,24,26-28H,2-3,5-9,11-12,14-17H2,1H3/t19-,20-,21+,22-,23?/m1/s1.